The lowest BCUT2D eigenvalue weighted by atomic mass is 9.91. The number of rotatable bonds is 34. The number of hydrogen-bond acceptors (Lipinski definition) is 14. The van der Waals surface area contributed by atoms with E-state index in [1.165, 1.54) is 28.7 Å². The topological polar surface area (TPSA) is 229 Å². The van der Waals surface area contributed by atoms with Crippen LogP contribution in [0.1, 0.15) is 145 Å². The molecule has 84 heavy (non-hydrogen) atoms. The van der Waals surface area contributed by atoms with Gasteiger partial charge in [0.2, 0.25) is 5.91 Å². The van der Waals surface area contributed by atoms with Crippen LogP contribution in [0.4, 0.5) is 14.4 Å². The third kappa shape index (κ3) is 35.0. The molecular formula is C66H98N4O14. The number of carbonyl (C=O) groups excluding carboxylic acids is 10. The summed E-state index contributed by atoms with van der Waals surface area (Å²) >= 11 is 0. The smallest absolute Gasteiger partial charge is 0.410 e. The molecule has 0 saturated carbocycles. The summed E-state index contributed by atoms with van der Waals surface area (Å²) in [5.74, 6) is -1.31. The molecule has 0 fully saturated rings. The van der Waals surface area contributed by atoms with Gasteiger partial charge in [0.1, 0.15) is 31.9 Å². The predicted octanol–water partition coefficient (Wildman–Crippen LogP) is 11.5. The van der Waals surface area contributed by atoms with E-state index >= 15 is 0 Å². The van der Waals surface area contributed by atoms with E-state index in [1.54, 1.807) is 0 Å². The van der Waals surface area contributed by atoms with Crippen LogP contribution in [0, 0.1) is 47.3 Å². The van der Waals surface area contributed by atoms with Gasteiger partial charge in [0, 0.05) is 38.4 Å². The summed E-state index contributed by atoms with van der Waals surface area (Å²) in [4.78, 5) is 126. The zero-order chi connectivity index (χ0) is 63.3. The molecule has 0 aromatic heterocycles. The Morgan fingerprint density at radius 1 is 0.452 bits per heavy atom. The van der Waals surface area contributed by atoms with Gasteiger partial charge in [-0.1, -0.05) is 174 Å². The minimum absolute atomic E-state index is 0.0117. The SMILES string of the molecule is CC(=O)CC(=O)CN(CC(C)C)C(=O)OCc1ccccc1.CC(C)CC(C=O)NC(=O)C(CC(=O)CN(CC(C)C)C(=O)OCc1ccccc1)CC(C)C.COC(=O)C(CC(=O)CN(CC(C)C)C(=O)OCc1ccccc1)CC(C)C. The number of ketones is 4. The number of carbonyl (C=O) groups is 10. The van der Waals surface area contributed by atoms with Gasteiger partial charge in [0.15, 0.2) is 17.3 Å². The first-order chi connectivity index (χ1) is 39.6. The number of benzene rings is 3. The number of esters is 1. The number of methoxy groups -OCH3 is 1. The Bertz CT molecular complexity index is 2450. The second kappa shape index (κ2) is 41.7. The van der Waals surface area contributed by atoms with E-state index in [-0.39, 0.29) is 129 Å². The van der Waals surface area contributed by atoms with Crippen LogP contribution in [-0.4, -0.2) is 127 Å². The highest BCUT2D eigenvalue weighted by Gasteiger charge is 2.29. The van der Waals surface area contributed by atoms with Gasteiger partial charge in [0.05, 0.1) is 45.1 Å². The molecule has 18 heteroatoms. The predicted molar refractivity (Wildman–Crippen MR) is 324 cm³/mol. The maximum Gasteiger partial charge on any atom is 0.410 e. The van der Waals surface area contributed by atoms with Crippen molar-refractivity contribution in [2.75, 3.05) is 46.4 Å². The monoisotopic (exact) mass is 1170 g/mol. The quantitative estimate of drug-likeness (QED) is 0.0254. The minimum Gasteiger partial charge on any atom is -0.469 e. The fourth-order valence-corrected chi connectivity index (χ4v) is 8.82. The van der Waals surface area contributed by atoms with E-state index in [1.807, 2.05) is 174 Å². The van der Waals surface area contributed by atoms with Crippen LogP contribution in [0.25, 0.3) is 0 Å². The van der Waals surface area contributed by atoms with Gasteiger partial charge in [-0.2, -0.15) is 0 Å². The summed E-state index contributed by atoms with van der Waals surface area (Å²) in [5, 5.41) is 2.79. The average Bonchev–Trinajstić information content (AvgIpc) is 3.59. The van der Waals surface area contributed by atoms with Crippen molar-refractivity contribution in [3.05, 3.63) is 108 Å². The summed E-state index contributed by atoms with van der Waals surface area (Å²) in [6, 6.07) is 27.5. The van der Waals surface area contributed by atoms with Crippen LogP contribution in [-0.2, 0) is 72.3 Å². The van der Waals surface area contributed by atoms with Crippen molar-refractivity contribution in [3.8, 4) is 0 Å². The Morgan fingerprint density at radius 3 is 1.07 bits per heavy atom. The molecule has 4 amide bonds. The molecule has 1 N–H and O–H groups in total. The molecule has 466 valence electrons. The first-order valence-corrected chi connectivity index (χ1v) is 29.4. The largest absolute Gasteiger partial charge is 0.469 e. The van der Waals surface area contributed by atoms with Gasteiger partial charge >= 0.3 is 24.2 Å². The molecule has 3 rings (SSSR count). The molecule has 0 aliphatic carbocycles. The fraction of sp³-hybridized carbons (Fsp3) is 0.576. The van der Waals surface area contributed by atoms with E-state index in [4.69, 9.17) is 18.9 Å². The Labute approximate surface area is 500 Å². The highest BCUT2D eigenvalue weighted by molar-refractivity contribution is 5.99. The van der Waals surface area contributed by atoms with E-state index in [9.17, 15) is 47.9 Å². The number of Topliss-reactive ketones (excluding diaryl/α,β-unsaturated/α-hetero) is 4. The van der Waals surface area contributed by atoms with Crippen molar-refractivity contribution in [2.24, 2.45) is 47.3 Å². The van der Waals surface area contributed by atoms with Crippen LogP contribution in [0.5, 0.6) is 0 Å². The molecule has 18 nitrogen and oxygen atoms in total. The summed E-state index contributed by atoms with van der Waals surface area (Å²) in [6.07, 6.45) is 0.706. The van der Waals surface area contributed by atoms with Crippen molar-refractivity contribution in [1.82, 2.24) is 20.0 Å². The number of aldehydes is 1. The number of nitrogens with one attached hydrogen (secondary N) is 1. The molecule has 0 bridgehead atoms. The molecular weight excluding hydrogens is 1070 g/mol. The molecule has 3 aromatic carbocycles. The summed E-state index contributed by atoms with van der Waals surface area (Å²) in [5.41, 5.74) is 2.64. The van der Waals surface area contributed by atoms with Crippen molar-refractivity contribution in [1.29, 1.82) is 0 Å². The van der Waals surface area contributed by atoms with Gasteiger partial charge in [-0.3, -0.25) is 28.8 Å². The van der Waals surface area contributed by atoms with Crippen LogP contribution in [0.3, 0.4) is 0 Å². The average molecular weight is 1170 g/mol. The molecule has 0 spiro atoms. The normalized spacial score (nSPS) is 12.0. The van der Waals surface area contributed by atoms with Crippen LogP contribution >= 0.6 is 0 Å². The van der Waals surface area contributed by atoms with Gasteiger partial charge < -0.3 is 43.8 Å². The van der Waals surface area contributed by atoms with Crippen molar-refractivity contribution >= 4 is 59.6 Å². The van der Waals surface area contributed by atoms with E-state index < -0.39 is 36.2 Å². The maximum atomic E-state index is 12.9. The lowest BCUT2D eigenvalue weighted by Crippen LogP contribution is -2.43. The molecule has 0 heterocycles. The summed E-state index contributed by atoms with van der Waals surface area (Å²) in [7, 11) is 1.33. The van der Waals surface area contributed by atoms with Crippen LogP contribution in [0.2, 0.25) is 0 Å². The van der Waals surface area contributed by atoms with Crippen molar-refractivity contribution < 1.29 is 66.9 Å². The highest BCUT2D eigenvalue weighted by Crippen LogP contribution is 2.20. The molecule has 3 atom stereocenters. The summed E-state index contributed by atoms with van der Waals surface area (Å²) < 4.78 is 20.9. The fourth-order valence-electron chi connectivity index (χ4n) is 8.82. The van der Waals surface area contributed by atoms with Gasteiger partial charge in [-0.15, -0.1) is 0 Å². The highest BCUT2D eigenvalue weighted by atomic mass is 16.6. The minimum atomic E-state index is -0.567. The molecule has 3 unspecified atom stereocenters. The Kier molecular flexibility index (Phi) is 37.1. The number of hydrogen-bond donors (Lipinski definition) is 1. The Hall–Kier alpha value is -7.24. The zero-order valence-corrected chi connectivity index (χ0v) is 52.6. The molecule has 3 aromatic rings. The number of amides is 4. The Morgan fingerprint density at radius 2 is 0.774 bits per heavy atom. The van der Waals surface area contributed by atoms with E-state index in [0.717, 1.165) is 23.0 Å². The third-order valence-corrected chi connectivity index (χ3v) is 12.3. The van der Waals surface area contributed by atoms with Gasteiger partial charge in [-0.25, -0.2) is 14.4 Å². The third-order valence-electron chi connectivity index (χ3n) is 12.3. The molecule has 0 aliphatic rings. The van der Waals surface area contributed by atoms with Crippen molar-refractivity contribution in [3.63, 3.8) is 0 Å². The first kappa shape index (κ1) is 74.8. The second-order valence-corrected chi connectivity index (χ2v) is 23.9. The van der Waals surface area contributed by atoms with Crippen LogP contribution < -0.4 is 5.32 Å². The zero-order valence-electron chi connectivity index (χ0n) is 52.6. The van der Waals surface area contributed by atoms with E-state index in [2.05, 4.69) is 5.32 Å². The molecule has 0 aliphatic heterocycles. The van der Waals surface area contributed by atoms with Gasteiger partial charge in [0.25, 0.3) is 0 Å². The second-order valence-electron chi connectivity index (χ2n) is 23.9. The molecule has 0 radical (unpaired) electrons. The lowest BCUT2D eigenvalue weighted by Gasteiger charge is -2.25. The Balaban J connectivity index is 0.000000645. The summed E-state index contributed by atoms with van der Waals surface area (Å²) in [6.45, 7) is 26.4. The maximum absolute atomic E-state index is 12.9. The van der Waals surface area contributed by atoms with Crippen LogP contribution in [0.15, 0.2) is 91.0 Å². The number of ether oxygens (including phenoxy) is 4. The molecule has 0 saturated heterocycles. The lowest BCUT2D eigenvalue weighted by molar-refractivity contribution is -0.147. The first-order valence-electron chi connectivity index (χ1n) is 29.4. The van der Waals surface area contributed by atoms with E-state index in [0.29, 0.717) is 38.9 Å². The standard InChI is InChI=1S/C27H42N2O5.C22H33NO5.C17H23NO4/c1-19(2)12-23(26(32)28-24(17-30)13-20(3)4)14-25(31)16-29(15-21(5)6)27(33)34-18-22-10-8-7-9-11-22;1-16(2)11-19(21(25)27-5)12-20(24)14-23(13-17(3)4)22(26)28-15-18-9-7-6-8-10-18;1-13(2)10-18(11-16(20)9-14(3)19)17(21)22-12-15-7-5-4-6-8-15/h7-11,17,19-21,23-24H,12-16,18H2,1-6H3,(H,28,32);6-10,16-17,19H,11-15H2,1-5H3;4-8,13H,9-12H2,1-3H3. The van der Waals surface area contributed by atoms with Crippen molar-refractivity contribution in [2.45, 2.75) is 154 Å². The van der Waals surface area contributed by atoms with Gasteiger partial charge in [-0.05, 0) is 78.4 Å². The number of nitrogens with zero attached hydrogens (tertiary/aromatic N) is 3.